The van der Waals surface area contributed by atoms with Gasteiger partial charge < -0.3 is 30.2 Å². The molecule has 1 aliphatic heterocycles. The van der Waals surface area contributed by atoms with Gasteiger partial charge >= 0.3 is 6.09 Å². The molecule has 1 aliphatic rings. The van der Waals surface area contributed by atoms with E-state index in [4.69, 9.17) is 19.9 Å². The second-order valence-corrected chi connectivity index (χ2v) is 9.77. The second kappa shape index (κ2) is 10.9. The molecule has 38 heavy (non-hydrogen) atoms. The minimum atomic E-state index is -0.576. The molecule has 0 bridgehead atoms. The summed E-state index contributed by atoms with van der Waals surface area (Å²) in [5, 5.41) is 3.02. The number of likely N-dealkylation sites (tertiary alicyclic amines) is 1. The Morgan fingerprint density at radius 3 is 2.53 bits per heavy atom. The van der Waals surface area contributed by atoms with Gasteiger partial charge in [-0.25, -0.2) is 14.2 Å². The lowest BCUT2D eigenvalue weighted by molar-refractivity contribution is 0.0275. The van der Waals surface area contributed by atoms with Crippen LogP contribution in [0.3, 0.4) is 0 Å². The molecule has 1 fully saturated rings. The van der Waals surface area contributed by atoms with E-state index in [1.54, 1.807) is 29.2 Å². The maximum absolute atomic E-state index is 13.7. The predicted octanol–water partition coefficient (Wildman–Crippen LogP) is 4.57. The number of methoxy groups -OCH3 is 1. The van der Waals surface area contributed by atoms with Gasteiger partial charge in [-0.2, -0.15) is 4.98 Å². The molecule has 4 rings (SSSR count). The number of nitrogens with one attached hydrogen (secondary N) is 1. The van der Waals surface area contributed by atoms with Gasteiger partial charge in [-0.1, -0.05) is 0 Å². The van der Waals surface area contributed by atoms with Gasteiger partial charge in [0.1, 0.15) is 34.8 Å². The van der Waals surface area contributed by atoms with Crippen molar-refractivity contribution in [2.75, 3.05) is 31.2 Å². The number of carbonyl (C=O) groups is 2. The van der Waals surface area contributed by atoms with E-state index < -0.39 is 17.2 Å². The summed E-state index contributed by atoms with van der Waals surface area (Å²) in [6.45, 7) is 6.53. The number of benzene rings is 2. The van der Waals surface area contributed by atoms with Gasteiger partial charge in [-0.05, 0) is 63.2 Å². The smallest absolute Gasteiger partial charge is 0.410 e. The summed E-state index contributed by atoms with van der Waals surface area (Å²) in [6, 6.07) is 10.8. The lowest BCUT2D eigenvalue weighted by atomic mass is 10.0. The number of rotatable bonds is 7. The number of anilines is 3. The molecule has 200 valence electrons. The Labute approximate surface area is 219 Å². The quantitative estimate of drug-likeness (QED) is 0.428. The standard InChI is InChI=1S/C27H30FN5O5/c1-27(2,3)38-26(35)33-12-11-19(15-33)37-18-8-6-17(7-9-18)31-25-30-14-21(24(29)32-25)23(34)20-13-16(28)5-10-22(20)36-4/h5-10,13-14,19H,11-12,15H2,1-4H3,(H3,29,30,31,32). The predicted molar refractivity (Wildman–Crippen MR) is 139 cm³/mol. The fourth-order valence-corrected chi connectivity index (χ4v) is 3.89. The van der Waals surface area contributed by atoms with Gasteiger partial charge in [0.15, 0.2) is 0 Å². The van der Waals surface area contributed by atoms with Crippen LogP contribution in [0.4, 0.5) is 26.6 Å². The SMILES string of the molecule is COc1ccc(F)cc1C(=O)c1cnc(Nc2ccc(OC3CCN(C(=O)OC(C)(C)C)C3)cc2)nc1N. The monoisotopic (exact) mass is 523 g/mol. The van der Waals surface area contributed by atoms with Gasteiger partial charge in [0.05, 0.1) is 24.8 Å². The molecule has 10 nitrogen and oxygen atoms in total. The van der Waals surface area contributed by atoms with Crippen molar-refractivity contribution in [3.05, 3.63) is 65.6 Å². The summed E-state index contributed by atoms with van der Waals surface area (Å²) < 4.78 is 30.3. The minimum Gasteiger partial charge on any atom is -0.496 e. The Hall–Kier alpha value is -4.41. The van der Waals surface area contributed by atoms with Crippen molar-refractivity contribution in [2.45, 2.75) is 38.9 Å². The van der Waals surface area contributed by atoms with Crippen molar-refractivity contribution in [1.29, 1.82) is 0 Å². The molecule has 1 saturated heterocycles. The van der Waals surface area contributed by atoms with E-state index in [-0.39, 0.29) is 40.8 Å². The topological polar surface area (TPSA) is 129 Å². The number of aromatic nitrogens is 2. The van der Waals surface area contributed by atoms with Crippen LogP contribution in [0.1, 0.15) is 43.1 Å². The first-order chi connectivity index (χ1) is 18.0. The van der Waals surface area contributed by atoms with Gasteiger partial charge in [0.25, 0.3) is 0 Å². The van der Waals surface area contributed by atoms with Crippen LogP contribution in [-0.4, -0.2) is 58.6 Å². The molecule has 3 N–H and O–H groups in total. The summed E-state index contributed by atoms with van der Waals surface area (Å²) in [7, 11) is 1.39. The van der Waals surface area contributed by atoms with Crippen LogP contribution in [0.15, 0.2) is 48.7 Å². The molecule has 0 spiro atoms. The highest BCUT2D eigenvalue weighted by atomic mass is 19.1. The third-order valence-corrected chi connectivity index (χ3v) is 5.68. The van der Waals surface area contributed by atoms with Gasteiger partial charge in [0.2, 0.25) is 11.7 Å². The van der Waals surface area contributed by atoms with Crippen LogP contribution >= 0.6 is 0 Å². The van der Waals surface area contributed by atoms with Crippen LogP contribution in [-0.2, 0) is 4.74 Å². The van der Waals surface area contributed by atoms with Gasteiger partial charge in [-0.3, -0.25) is 4.79 Å². The Morgan fingerprint density at radius 1 is 1.13 bits per heavy atom. The highest BCUT2D eigenvalue weighted by Gasteiger charge is 2.31. The minimum absolute atomic E-state index is 0.0237. The molecule has 0 aliphatic carbocycles. The molecule has 0 saturated carbocycles. The van der Waals surface area contributed by atoms with E-state index in [0.717, 1.165) is 6.07 Å². The molecular formula is C27H30FN5O5. The molecule has 2 heterocycles. The van der Waals surface area contributed by atoms with Crippen LogP contribution < -0.4 is 20.5 Å². The largest absolute Gasteiger partial charge is 0.496 e. The zero-order chi connectivity index (χ0) is 27.4. The van der Waals surface area contributed by atoms with E-state index in [0.29, 0.717) is 30.9 Å². The number of hydrogen-bond donors (Lipinski definition) is 2. The van der Waals surface area contributed by atoms with Crippen LogP contribution in [0, 0.1) is 5.82 Å². The molecule has 1 atom stereocenters. The van der Waals surface area contributed by atoms with Crippen molar-refractivity contribution in [3.63, 3.8) is 0 Å². The first kappa shape index (κ1) is 26.6. The maximum atomic E-state index is 13.7. The molecule has 11 heteroatoms. The molecule has 1 unspecified atom stereocenters. The van der Waals surface area contributed by atoms with Crippen molar-refractivity contribution < 1.29 is 28.2 Å². The summed E-state index contributed by atoms with van der Waals surface area (Å²) in [5.74, 6) is -0.138. The molecular weight excluding hydrogens is 493 g/mol. The molecule has 0 radical (unpaired) electrons. The van der Waals surface area contributed by atoms with Gasteiger partial charge in [0, 0.05) is 24.8 Å². The van der Waals surface area contributed by atoms with E-state index in [1.165, 1.54) is 25.4 Å². The van der Waals surface area contributed by atoms with E-state index >= 15 is 0 Å². The number of ether oxygens (including phenoxy) is 3. The lowest BCUT2D eigenvalue weighted by Gasteiger charge is -2.24. The van der Waals surface area contributed by atoms with Crippen LogP contribution in [0.25, 0.3) is 0 Å². The number of halogens is 1. The average molecular weight is 524 g/mol. The maximum Gasteiger partial charge on any atom is 0.410 e. The number of nitrogen functional groups attached to an aromatic ring is 1. The Kier molecular flexibility index (Phi) is 7.65. The zero-order valence-corrected chi connectivity index (χ0v) is 21.7. The van der Waals surface area contributed by atoms with E-state index in [9.17, 15) is 14.0 Å². The molecule has 3 aromatic rings. The normalized spacial score (nSPS) is 15.2. The Bertz CT molecular complexity index is 1330. The molecule has 1 aromatic heterocycles. The number of amides is 1. The zero-order valence-electron chi connectivity index (χ0n) is 21.7. The van der Waals surface area contributed by atoms with E-state index in [1.807, 2.05) is 20.8 Å². The molecule has 2 aromatic carbocycles. The summed E-state index contributed by atoms with van der Waals surface area (Å²) >= 11 is 0. The summed E-state index contributed by atoms with van der Waals surface area (Å²) in [4.78, 5) is 35.1. The third-order valence-electron chi connectivity index (χ3n) is 5.68. The first-order valence-corrected chi connectivity index (χ1v) is 12.0. The number of nitrogens with zero attached hydrogens (tertiary/aromatic N) is 3. The molecule has 1 amide bonds. The Balaban J connectivity index is 1.36. The number of carbonyl (C=O) groups excluding carboxylic acids is 2. The van der Waals surface area contributed by atoms with Crippen LogP contribution in [0.5, 0.6) is 11.5 Å². The van der Waals surface area contributed by atoms with Crippen molar-refractivity contribution in [3.8, 4) is 11.5 Å². The number of ketones is 1. The highest BCUT2D eigenvalue weighted by molar-refractivity contribution is 6.13. The summed E-state index contributed by atoms with van der Waals surface area (Å²) in [6.07, 6.45) is 1.51. The number of hydrogen-bond acceptors (Lipinski definition) is 9. The highest BCUT2D eigenvalue weighted by Crippen LogP contribution is 2.26. The fourth-order valence-electron chi connectivity index (χ4n) is 3.89. The Morgan fingerprint density at radius 2 is 1.87 bits per heavy atom. The van der Waals surface area contributed by atoms with Crippen LogP contribution in [0.2, 0.25) is 0 Å². The summed E-state index contributed by atoms with van der Waals surface area (Å²) in [5.41, 5.74) is 6.20. The van der Waals surface area contributed by atoms with Crippen molar-refractivity contribution >= 4 is 29.3 Å². The van der Waals surface area contributed by atoms with E-state index in [2.05, 4.69) is 15.3 Å². The third kappa shape index (κ3) is 6.47. The number of nitrogens with two attached hydrogens (primary N) is 1. The van der Waals surface area contributed by atoms with Crippen molar-refractivity contribution in [1.82, 2.24) is 14.9 Å². The van der Waals surface area contributed by atoms with Gasteiger partial charge in [-0.15, -0.1) is 0 Å². The first-order valence-electron chi connectivity index (χ1n) is 12.0. The fraction of sp³-hybridized carbons (Fsp3) is 0.333. The lowest BCUT2D eigenvalue weighted by Crippen LogP contribution is -2.36. The second-order valence-electron chi connectivity index (χ2n) is 9.77. The average Bonchev–Trinajstić information content (AvgIpc) is 3.33. The van der Waals surface area contributed by atoms with Crippen molar-refractivity contribution in [2.24, 2.45) is 0 Å².